The standard InChI is InChI=1S/C16H22N2O2/c1-12-10-18(11-15(12)17(2)3)14-7-5-4-6-13(14)8-9-16(19)20/h4-9,12,15H,10-11H2,1-3H3,(H,19,20)/b9-8+. The lowest BCUT2D eigenvalue weighted by atomic mass is 10.1. The Hall–Kier alpha value is -1.81. The maximum atomic E-state index is 10.7. The van der Waals surface area contributed by atoms with Crippen LogP contribution in [0.2, 0.25) is 0 Å². The molecule has 1 aromatic rings. The minimum atomic E-state index is -0.916. The molecular weight excluding hydrogens is 252 g/mol. The monoisotopic (exact) mass is 274 g/mol. The summed E-state index contributed by atoms with van der Waals surface area (Å²) in [6.45, 7) is 4.24. The van der Waals surface area contributed by atoms with Gasteiger partial charge in [-0.25, -0.2) is 4.79 Å². The highest BCUT2D eigenvalue weighted by molar-refractivity contribution is 5.87. The summed E-state index contributed by atoms with van der Waals surface area (Å²) in [6, 6.07) is 8.50. The maximum Gasteiger partial charge on any atom is 0.328 e. The number of carbonyl (C=O) groups is 1. The van der Waals surface area contributed by atoms with Crippen molar-refractivity contribution in [1.29, 1.82) is 0 Å². The quantitative estimate of drug-likeness (QED) is 0.855. The molecule has 0 aliphatic carbocycles. The first-order valence-corrected chi connectivity index (χ1v) is 6.90. The number of rotatable bonds is 4. The van der Waals surface area contributed by atoms with Gasteiger partial charge in [0.15, 0.2) is 0 Å². The van der Waals surface area contributed by atoms with Crippen LogP contribution in [0.4, 0.5) is 5.69 Å². The summed E-state index contributed by atoms with van der Waals surface area (Å²) in [5.74, 6) is -0.317. The SMILES string of the molecule is CC1CN(c2ccccc2/C=C/C(=O)O)CC1N(C)C. The van der Waals surface area contributed by atoms with E-state index in [1.165, 1.54) is 6.08 Å². The summed E-state index contributed by atoms with van der Waals surface area (Å²) in [7, 11) is 4.22. The van der Waals surface area contributed by atoms with Crippen molar-refractivity contribution in [2.24, 2.45) is 5.92 Å². The fourth-order valence-corrected chi connectivity index (χ4v) is 2.90. The largest absolute Gasteiger partial charge is 0.478 e. The van der Waals surface area contributed by atoms with Crippen molar-refractivity contribution in [1.82, 2.24) is 4.90 Å². The summed E-state index contributed by atoms with van der Waals surface area (Å²) >= 11 is 0. The van der Waals surface area contributed by atoms with E-state index >= 15 is 0 Å². The Kier molecular flexibility index (Phi) is 4.45. The van der Waals surface area contributed by atoms with Crippen LogP contribution in [0.15, 0.2) is 30.3 Å². The highest BCUT2D eigenvalue weighted by Gasteiger charge is 2.31. The second kappa shape index (κ2) is 6.09. The van der Waals surface area contributed by atoms with Crippen molar-refractivity contribution < 1.29 is 9.90 Å². The molecule has 0 bridgehead atoms. The lowest BCUT2D eigenvalue weighted by Gasteiger charge is -2.23. The highest BCUT2D eigenvalue weighted by Crippen LogP contribution is 2.29. The number of aliphatic carboxylic acids is 1. The van der Waals surface area contributed by atoms with Crippen LogP contribution in [0, 0.1) is 5.92 Å². The van der Waals surface area contributed by atoms with E-state index < -0.39 is 5.97 Å². The number of nitrogens with zero attached hydrogens (tertiary/aromatic N) is 2. The third-order valence-corrected chi connectivity index (χ3v) is 3.92. The molecule has 2 unspecified atom stereocenters. The van der Waals surface area contributed by atoms with Crippen molar-refractivity contribution in [3.63, 3.8) is 0 Å². The summed E-state index contributed by atoms with van der Waals surface area (Å²) in [6.07, 6.45) is 2.87. The third-order valence-electron chi connectivity index (χ3n) is 3.92. The van der Waals surface area contributed by atoms with Gasteiger partial charge in [-0.1, -0.05) is 25.1 Å². The zero-order chi connectivity index (χ0) is 14.7. The molecule has 1 heterocycles. The van der Waals surface area contributed by atoms with Crippen molar-refractivity contribution in [3.05, 3.63) is 35.9 Å². The van der Waals surface area contributed by atoms with Gasteiger partial charge in [-0.2, -0.15) is 0 Å². The molecule has 2 atom stereocenters. The Labute approximate surface area is 120 Å². The number of hydrogen-bond acceptors (Lipinski definition) is 3. The third kappa shape index (κ3) is 3.20. The van der Waals surface area contributed by atoms with Crippen molar-refractivity contribution in [2.45, 2.75) is 13.0 Å². The van der Waals surface area contributed by atoms with Crippen molar-refractivity contribution in [2.75, 3.05) is 32.1 Å². The first-order valence-electron chi connectivity index (χ1n) is 6.90. The summed E-state index contributed by atoms with van der Waals surface area (Å²) in [4.78, 5) is 15.3. The molecule has 1 saturated heterocycles. The molecule has 20 heavy (non-hydrogen) atoms. The lowest BCUT2D eigenvalue weighted by Crippen LogP contribution is -2.34. The predicted molar refractivity (Wildman–Crippen MR) is 82.0 cm³/mol. The van der Waals surface area contributed by atoms with Crippen molar-refractivity contribution in [3.8, 4) is 0 Å². The van der Waals surface area contributed by atoms with Gasteiger partial charge in [-0.05, 0) is 37.7 Å². The van der Waals surface area contributed by atoms with Gasteiger partial charge < -0.3 is 14.9 Å². The molecule has 0 spiro atoms. The Morgan fingerprint density at radius 2 is 2.05 bits per heavy atom. The summed E-state index contributed by atoms with van der Waals surface area (Å²) < 4.78 is 0. The minimum absolute atomic E-state index is 0.534. The Morgan fingerprint density at radius 3 is 2.65 bits per heavy atom. The van der Waals surface area contributed by atoms with E-state index in [1.807, 2.05) is 18.2 Å². The Balaban J connectivity index is 2.23. The van der Waals surface area contributed by atoms with Gasteiger partial charge in [-0.15, -0.1) is 0 Å². The van der Waals surface area contributed by atoms with Crippen LogP contribution in [-0.4, -0.2) is 49.2 Å². The normalized spacial score (nSPS) is 22.9. The first-order chi connectivity index (χ1) is 9.49. The maximum absolute atomic E-state index is 10.7. The summed E-state index contributed by atoms with van der Waals surface area (Å²) in [5.41, 5.74) is 2.07. The molecule has 0 amide bonds. The number of likely N-dealkylation sites (N-methyl/N-ethyl adjacent to an activating group) is 1. The minimum Gasteiger partial charge on any atom is -0.478 e. The van der Waals surface area contributed by atoms with Gasteiger partial charge in [0.25, 0.3) is 0 Å². The van der Waals surface area contributed by atoms with E-state index in [0.29, 0.717) is 12.0 Å². The fourth-order valence-electron chi connectivity index (χ4n) is 2.90. The average molecular weight is 274 g/mol. The number of benzene rings is 1. The van der Waals surface area contributed by atoms with Crippen LogP contribution in [0.25, 0.3) is 6.08 Å². The Morgan fingerprint density at radius 1 is 1.35 bits per heavy atom. The van der Waals surface area contributed by atoms with Crippen LogP contribution in [-0.2, 0) is 4.79 Å². The van der Waals surface area contributed by atoms with Crippen LogP contribution in [0.5, 0.6) is 0 Å². The molecule has 1 aromatic carbocycles. The smallest absolute Gasteiger partial charge is 0.328 e. The topological polar surface area (TPSA) is 43.8 Å². The second-order valence-corrected chi connectivity index (χ2v) is 5.64. The van der Waals surface area contributed by atoms with Crippen LogP contribution in [0.3, 0.4) is 0 Å². The number of hydrogen-bond donors (Lipinski definition) is 1. The Bertz CT molecular complexity index is 511. The molecule has 1 N–H and O–H groups in total. The van der Waals surface area contributed by atoms with Gasteiger partial charge in [-0.3, -0.25) is 0 Å². The summed E-state index contributed by atoms with van der Waals surface area (Å²) in [5, 5.41) is 8.78. The predicted octanol–water partition coefficient (Wildman–Crippen LogP) is 2.17. The molecule has 1 aliphatic heterocycles. The first kappa shape index (κ1) is 14.6. The molecule has 1 aliphatic rings. The lowest BCUT2D eigenvalue weighted by molar-refractivity contribution is -0.131. The van der Waals surface area contributed by atoms with E-state index in [0.717, 1.165) is 24.3 Å². The molecule has 108 valence electrons. The zero-order valence-electron chi connectivity index (χ0n) is 12.3. The van der Waals surface area contributed by atoms with Crippen LogP contribution < -0.4 is 4.90 Å². The molecule has 0 saturated carbocycles. The molecule has 0 aromatic heterocycles. The zero-order valence-corrected chi connectivity index (χ0v) is 12.3. The van der Waals surface area contributed by atoms with Gasteiger partial charge in [0.2, 0.25) is 0 Å². The molecule has 0 radical (unpaired) electrons. The molecular formula is C16H22N2O2. The average Bonchev–Trinajstić information content (AvgIpc) is 2.79. The number of carboxylic acids is 1. The molecule has 4 heteroatoms. The number of para-hydroxylation sites is 1. The highest BCUT2D eigenvalue weighted by atomic mass is 16.4. The van der Waals surface area contributed by atoms with Crippen LogP contribution in [0.1, 0.15) is 12.5 Å². The second-order valence-electron chi connectivity index (χ2n) is 5.64. The van der Waals surface area contributed by atoms with Crippen LogP contribution >= 0.6 is 0 Å². The van der Waals surface area contributed by atoms with Gasteiger partial charge in [0.1, 0.15) is 0 Å². The molecule has 4 nitrogen and oxygen atoms in total. The van der Waals surface area contributed by atoms with E-state index in [-0.39, 0.29) is 0 Å². The molecule has 2 rings (SSSR count). The van der Waals surface area contributed by atoms with Gasteiger partial charge in [0, 0.05) is 30.9 Å². The van der Waals surface area contributed by atoms with E-state index in [9.17, 15) is 4.79 Å². The number of anilines is 1. The van der Waals surface area contributed by atoms with E-state index in [2.05, 4.69) is 36.9 Å². The molecule has 1 fully saturated rings. The fraction of sp³-hybridized carbons (Fsp3) is 0.438. The van der Waals surface area contributed by atoms with Crippen molar-refractivity contribution >= 4 is 17.7 Å². The van der Waals surface area contributed by atoms with E-state index in [1.54, 1.807) is 6.08 Å². The van der Waals surface area contributed by atoms with E-state index in [4.69, 9.17) is 5.11 Å². The number of carboxylic acid groups (broad SMARTS) is 1. The van der Waals surface area contributed by atoms with Gasteiger partial charge in [0.05, 0.1) is 0 Å². The van der Waals surface area contributed by atoms with Gasteiger partial charge >= 0.3 is 5.97 Å².